The van der Waals surface area contributed by atoms with Crippen LogP contribution in [0.5, 0.6) is 0 Å². The number of hydrogen-bond donors (Lipinski definition) is 1. The molecule has 4 heteroatoms. The van der Waals surface area contributed by atoms with Gasteiger partial charge < -0.3 is 4.98 Å². The van der Waals surface area contributed by atoms with Crippen molar-refractivity contribution in [1.82, 2.24) is 15.4 Å². The van der Waals surface area contributed by atoms with Crippen LogP contribution in [-0.2, 0) is 0 Å². The first-order chi connectivity index (χ1) is 4.97. The zero-order valence-corrected chi connectivity index (χ0v) is 5.07. The highest BCUT2D eigenvalue weighted by molar-refractivity contribution is 6.07. The largest absolute Gasteiger partial charge is 0.343 e. The van der Waals surface area contributed by atoms with E-state index in [1.165, 1.54) is 0 Å². The van der Waals surface area contributed by atoms with Gasteiger partial charge in [0.2, 0.25) is 0 Å². The van der Waals surface area contributed by atoms with E-state index in [1.54, 1.807) is 18.6 Å². The summed E-state index contributed by atoms with van der Waals surface area (Å²) in [6.45, 7) is 0. The first-order valence-electron chi connectivity index (χ1n) is 2.82. The third kappa shape index (κ3) is 0.699. The Morgan fingerprint density at radius 2 is 2.50 bits per heavy atom. The molecule has 1 N–H and O–H groups in total. The highest BCUT2D eigenvalue weighted by atomic mass is 15.3. The molecule has 48 valence electrons. The number of aromatic amines is 1. The van der Waals surface area contributed by atoms with Crippen molar-refractivity contribution >= 4 is 5.71 Å². The molecular formula is C6H4N4. The van der Waals surface area contributed by atoms with Crippen LogP contribution in [0.3, 0.4) is 0 Å². The van der Waals surface area contributed by atoms with Gasteiger partial charge in [0, 0.05) is 0 Å². The van der Waals surface area contributed by atoms with E-state index in [1.807, 2.05) is 0 Å². The Labute approximate surface area is 57.7 Å². The van der Waals surface area contributed by atoms with E-state index in [2.05, 4.69) is 26.7 Å². The molecule has 0 saturated carbocycles. The standard InChI is InChI=1S/C6H4N4/c1-2-9-10-5(1)6-3-7-4-8-6/h1-2,4H,(H,7,8). The molecule has 2 rings (SSSR count). The summed E-state index contributed by atoms with van der Waals surface area (Å²) in [7, 11) is 0. The van der Waals surface area contributed by atoms with Crippen molar-refractivity contribution in [3.05, 3.63) is 30.5 Å². The maximum atomic E-state index is 3.95. The zero-order chi connectivity index (χ0) is 6.81. The molecule has 2 heterocycles. The number of H-pyrrole nitrogens is 1. The molecular weight excluding hydrogens is 128 g/mol. The third-order valence-corrected chi connectivity index (χ3v) is 1.16. The molecule has 10 heavy (non-hydrogen) atoms. The van der Waals surface area contributed by atoms with Gasteiger partial charge in [-0.25, -0.2) is 4.98 Å². The lowest BCUT2D eigenvalue weighted by molar-refractivity contribution is 0.971. The molecule has 1 aromatic heterocycles. The summed E-state index contributed by atoms with van der Waals surface area (Å²) in [6.07, 6.45) is 7.77. The summed E-state index contributed by atoms with van der Waals surface area (Å²) in [5.41, 5.74) is 5.11. The number of nitrogens with one attached hydrogen (secondary N) is 1. The quantitative estimate of drug-likeness (QED) is 0.576. The van der Waals surface area contributed by atoms with E-state index >= 15 is 0 Å². The molecule has 0 atom stereocenters. The molecule has 0 spiro atoms. The molecule has 2 radical (unpaired) electrons. The molecule has 1 aliphatic heterocycles. The van der Waals surface area contributed by atoms with E-state index < -0.39 is 0 Å². The van der Waals surface area contributed by atoms with Crippen molar-refractivity contribution in [3.8, 4) is 0 Å². The third-order valence-electron chi connectivity index (χ3n) is 1.16. The topological polar surface area (TPSA) is 55.1 Å². The number of rotatable bonds is 1. The van der Waals surface area contributed by atoms with Crippen LogP contribution in [0.4, 0.5) is 0 Å². The minimum atomic E-state index is 0.706. The summed E-state index contributed by atoms with van der Waals surface area (Å²) in [5.74, 6) is 0. The second kappa shape index (κ2) is 1.98. The smallest absolute Gasteiger partial charge is 0.118 e. The average molecular weight is 132 g/mol. The van der Waals surface area contributed by atoms with Crippen molar-refractivity contribution in [2.24, 2.45) is 5.10 Å². The maximum absolute atomic E-state index is 3.95. The van der Waals surface area contributed by atoms with Gasteiger partial charge in [-0.1, -0.05) is 0 Å². The van der Waals surface area contributed by atoms with Gasteiger partial charge in [0.1, 0.15) is 11.4 Å². The van der Waals surface area contributed by atoms with Crippen LogP contribution in [0.25, 0.3) is 0 Å². The summed E-state index contributed by atoms with van der Waals surface area (Å²) in [6, 6.07) is 0. The summed E-state index contributed by atoms with van der Waals surface area (Å²) < 4.78 is 0. The molecule has 0 amide bonds. The Hall–Kier alpha value is -1.58. The Morgan fingerprint density at radius 3 is 3.10 bits per heavy atom. The predicted octanol–water partition coefficient (Wildman–Crippen LogP) is 0.0457. The minimum Gasteiger partial charge on any atom is -0.343 e. The van der Waals surface area contributed by atoms with Crippen molar-refractivity contribution in [2.75, 3.05) is 0 Å². The molecule has 0 fully saturated rings. The lowest BCUT2D eigenvalue weighted by atomic mass is 10.3. The Morgan fingerprint density at radius 1 is 1.50 bits per heavy atom. The number of hydrogen-bond acceptors (Lipinski definition) is 2. The summed E-state index contributed by atoms with van der Waals surface area (Å²) in [5, 5.41) is 3.79. The lowest BCUT2D eigenvalue weighted by Gasteiger charge is -1.84. The van der Waals surface area contributed by atoms with Crippen molar-refractivity contribution in [2.45, 2.75) is 0 Å². The van der Waals surface area contributed by atoms with Crippen LogP contribution in [0.1, 0.15) is 5.69 Å². The second-order valence-corrected chi connectivity index (χ2v) is 1.79. The summed E-state index contributed by atoms with van der Waals surface area (Å²) in [4.78, 5) is 6.66. The van der Waals surface area contributed by atoms with Gasteiger partial charge in [-0.15, -0.1) is 5.10 Å². The fraction of sp³-hybridized carbons (Fsp3) is 0. The second-order valence-electron chi connectivity index (χ2n) is 1.79. The van der Waals surface area contributed by atoms with Crippen molar-refractivity contribution in [3.63, 3.8) is 0 Å². The minimum absolute atomic E-state index is 0.706. The maximum Gasteiger partial charge on any atom is 0.118 e. The fourth-order valence-corrected chi connectivity index (χ4v) is 0.719. The number of allylic oxidation sites excluding steroid dienone is 1. The molecule has 0 saturated heterocycles. The van der Waals surface area contributed by atoms with Gasteiger partial charge >= 0.3 is 0 Å². The monoisotopic (exact) mass is 132 g/mol. The molecule has 0 unspecified atom stereocenters. The molecule has 1 aromatic rings. The van der Waals surface area contributed by atoms with Crippen LogP contribution in [0.15, 0.2) is 23.7 Å². The Bertz CT molecular complexity index is 270. The van der Waals surface area contributed by atoms with E-state index in [-0.39, 0.29) is 0 Å². The number of nitrogens with zero attached hydrogens (tertiary/aromatic N) is 3. The van der Waals surface area contributed by atoms with Crippen molar-refractivity contribution < 1.29 is 0 Å². The van der Waals surface area contributed by atoms with E-state index in [0.717, 1.165) is 5.71 Å². The predicted molar refractivity (Wildman–Crippen MR) is 35.2 cm³/mol. The van der Waals surface area contributed by atoms with E-state index in [4.69, 9.17) is 0 Å². The highest BCUT2D eigenvalue weighted by Gasteiger charge is 2.05. The van der Waals surface area contributed by atoms with Crippen molar-refractivity contribution in [1.29, 1.82) is 0 Å². The van der Waals surface area contributed by atoms with Gasteiger partial charge in [0.15, 0.2) is 0 Å². The first-order valence-corrected chi connectivity index (χ1v) is 2.82. The number of aromatic nitrogens is 2. The average Bonchev–Trinajstić information content (AvgIpc) is 2.59. The van der Waals surface area contributed by atoms with Gasteiger partial charge in [-0.05, 0) is 6.08 Å². The Kier molecular flexibility index (Phi) is 1.04. The summed E-state index contributed by atoms with van der Waals surface area (Å²) >= 11 is 0. The van der Waals surface area contributed by atoms with Crippen LogP contribution in [-0.4, -0.2) is 15.7 Å². The first kappa shape index (κ1) is 5.22. The van der Waals surface area contributed by atoms with Crippen LogP contribution < -0.4 is 5.43 Å². The van der Waals surface area contributed by atoms with Crippen LogP contribution >= 0.6 is 0 Å². The van der Waals surface area contributed by atoms with Gasteiger partial charge in [0.25, 0.3) is 0 Å². The zero-order valence-electron chi connectivity index (χ0n) is 5.07. The molecule has 4 nitrogen and oxygen atoms in total. The van der Waals surface area contributed by atoms with Crippen LogP contribution in [0.2, 0.25) is 0 Å². The van der Waals surface area contributed by atoms with E-state index in [9.17, 15) is 0 Å². The van der Waals surface area contributed by atoms with E-state index in [0.29, 0.717) is 5.69 Å². The molecule has 0 aromatic carbocycles. The Balaban J connectivity index is 2.36. The van der Waals surface area contributed by atoms with Gasteiger partial charge in [-0.2, -0.15) is 5.43 Å². The van der Waals surface area contributed by atoms with Gasteiger partial charge in [0.05, 0.1) is 18.7 Å². The lowest BCUT2D eigenvalue weighted by Crippen LogP contribution is -1.93. The van der Waals surface area contributed by atoms with Gasteiger partial charge in [-0.3, -0.25) is 0 Å². The highest BCUT2D eigenvalue weighted by Crippen LogP contribution is 1.99. The SMILES string of the molecule is [c]1[nH]cnc1C1=N[N]C=C1. The fourth-order valence-electron chi connectivity index (χ4n) is 0.719. The molecule has 0 bridgehead atoms. The normalized spacial score (nSPS) is 15.0. The van der Waals surface area contributed by atoms with Crippen LogP contribution in [0, 0.1) is 6.20 Å². The number of imidazole rings is 1. The molecule has 1 aliphatic rings. The molecule has 0 aliphatic carbocycles.